The summed E-state index contributed by atoms with van der Waals surface area (Å²) in [5.74, 6) is 1.03. The number of nitrogens with zero attached hydrogens (tertiary/aromatic N) is 1. The van der Waals surface area contributed by atoms with Crippen molar-refractivity contribution in [2.45, 2.75) is 13.5 Å². The van der Waals surface area contributed by atoms with Crippen LogP contribution in [0.3, 0.4) is 0 Å². The summed E-state index contributed by atoms with van der Waals surface area (Å²) in [4.78, 5) is 26.5. The first-order valence-corrected chi connectivity index (χ1v) is 11.3. The van der Waals surface area contributed by atoms with E-state index in [1.165, 1.54) is 11.8 Å². The summed E-state index contributed by atoms with van der Waals surface area (Å²) in [5, 5.41) is 0.933. The first kappa shape index (κ1) is 24.7. The lowest BCUT2D eigenvalue weighted by atomic mass is 9.95. The van der Waals surface area contributed by atoms with Crippen LogP contribution >= 0.6 is 0 Å². The third-order valence-corrected chi connectivity index (χ3v) is 6.05. The van der Waals surface area contributed by atoms with Gasteiger partial charge in [-0.15, -0.1) is 0 Å². The monoisotopic (exact) mass is 488 g/mol. The number of carbonyl (C=O) groups is 1. The Morgan fingerprint density at radius 2 is 1.58 bits per heavy atom. The predicted octanol–water partition coefficient (Wildman–Crippen LogP) is 4.53. The van der Waals surface area contributed by atoms with E-state index < -0.39 is 11.5 Å². The van der Waals surface area contributed by atoms with E-state index >= 15 is 0 Å². The number of hydrogen-bond acceptors (Lipinski definition) is 7. The first-order chi connectivity index (χ1) is 17.4. The Kier molecular flexibility index (Phi) is 7.15. The Balaban J connectivity index is 1.99. The van der Waals surface area contributed by atoms with E-state index in [1.807, 2.05) is 49.4 Å². The molecular weight excluding hydrogens is 460 g/mol. The van der Waals surface area contributed by atoms with Crippen LogP contribution in [0.25, 0.3) is 21.9 Å². The zero-order chi connectivity index (χ0) is 25.8. The third-order valence-electron chi connectivity index (χ3n) is 6.05. The van der Waals surface area contributed by atoms with E-state index in [0.29, 0.717) is 45.8 Å². The van der Waals surface area contributed by atoms with E-state index in [1.54, 1.807) is 39.5 Å². The molecule has 4 aromatic rings. The summed E-state index contributed by atoms with van der Waals surface area (Å²) in [6.07, 6.45) is 0. The number of benzene rings is 3. The molecule has 0 fully saturated rings. The molecule has 0 unspecified atom stereocenters. The topological polar surface area (TPSA) is 88.0 Å². The molecule has 0 aliphatic rings. The molecule has 0 amide bonds. The fraction of sp³-hybridized carbons (Fsp3) is 0.214. The molecule has 0 bridgehead atoms. The fourth-order valence-corrected chi connectivity index (χ4v) is 4.24. The number of fused-ring (bicyclic) bond motifs is 1. The van der Waals surface area contributed by atoms with Crippen molar-refractivity contribution in [3.8, 4) is 28.4 Å². The van der Waals surface area contributed by atoms with Crippen molar-refractivity contribution in [3.63, 3.8) is 0 Å². The molecule has 8 nitrogen and oxygen atoms in total. The summed E-state index contributed by atoms with van der Waals surface area (Å²) in [6, 6.07) is 18.6. The van der Waals surface area contributed by atoms with Crippen LogP contribution in [0.1, 0.15) is 21.6 Å². The Morgan fingerprint density at radius 3 is 2.17 bits per heavy atom. The van der Waals surface area contributed by atoms with Gasteiger partial charge in [0.15, 0.2) is 5.69 Å². The smallest absolute Gasteiger partial charge is 0.357 e. The van der Waals surface area contributed by atoms with Gasteiger partial charge in [-0.1, -0.05) is 30.3 Å². The molecule has 8 heteroatoms. The van der Waals surface area contributed by atoms with Crippen LogP contribution in [0.15, 0.2) is 65.5 Å². The van der Waals surface area contributed by atoms with Gasteiger partial charge in [-0.3, -0.25) is 4.79 Å². The number of carbonyl (C=O) groups excluding carboxylic acids is 1. The second-order valence-corrected chi connectivity index (χ2v) is 8.07. The molecule has 1 heterocycles. The Hall–Kier alpha value is -4.46. The molecule has 0 saturated heterocycles. The highest BCUT2D eigenvalue weighted by molar-refractivity contribution is 6.07. The summed E-state index contributed by atoms with van der Waals surface area (Å²) >= 11 is 0. The molecule has 0 radical (unpaired) electrons. The molecule has 36 heavy (non-hydrogen) atoms. The zero-order valence-corrected chi connectivity index (χ0v) is 20.9. The molecule has 186 valence electrons. The molecule has 0 aliphatic carbocycles. The Labute approximate surface area is 209 Å². The maximum absolute atomic E-state index is 13.5. The van der Waals surface area contributed by atoms with Gasteiger partial charge in [0, 0.05) is 18.2 Å². The number of hydrogen-bond donors (Lipinski definition) is 1. The number of nitrogens with one attached hydrogen (secondary N) is 1. The van der Waals surface area contributed by atoms with E-state index in [4.69, 9.17) is 18.9 Å². The normalized spacial score (nSPS) is 10.7. The minimum atomic E-state index is -0.665. The van der Waals surface area contributed by atoms with Crippen molar-refractivity contribution in [3.05, 3.63) is 87.8 Å². The average molecular weight is 489 g/mol. The largest absolute Gasteiger partial charge is 0.496 e. The molecule has 0 spiro atoms. The molecule has 1 N–H and O–H groups in total. The van der Waals surface area contributed by atoms with Gasteiger partial charge >= 0.3 is 5.97 Å². The van der Waals surface area contributed by atoms with Crippen LogP contribution < -0.4 is 25.2 Å². The van der Waals surface area contributed by atoms with Gasteiger partial charge in [-0.2, -0.15) is 0 Å². The minimum Gasteiger partial charge on any atom is -0.496 e. The number of esters is 1. The lowest BCUT2D eigenvalue weighted by Crippen LogP contribution is -2.33. The van der Waals surface area contributed by atoms with Crippen molar-refractivity contribution in [1.29, 1.82) is 0 Å². The Bertz CT molecular complexity index is 1450. The second kappa shape index (κ2) is 10.4. The van der Waals surface area contributed by atoms with Gasteiger partial charge in [-0.25, -0.2) is 9.47 Å². The van der Waals surface area contributed by atoms with Gasteiger partial charge in [0.1, 0.15) is 23.9 Å². The number of ether oxygens (including phenoxy) is 4. The van der Waals surface area contributed by atoms with E-state index in [2.05, 4.69) is 5.43 Å². The summed E-state index contributed by atoms with van der Waals surface area (Å²) < 4.78 is 23.3. The molecular formula is C28H28N2O6. The van der Waals surface area contributed by atoms with Crippen LogP contribution in [-0.2, 0) is 11.3 Å². The van der Waals surface area contributed by atoms with Crippen LogP contribution in [0.4, 0.5) is 0 Å². The highest BCUT2D eigenvalue weighted by Crippen LogP contribution is 2.39. The highest BCUT2D eigenvalue weighted by Gasteiger charge is 2.25. The molecule has 0 saturated carbocycles. The lowest BCUT2D eigenvalue weighted by Gasteiger charge is -2.20. The number of pyridine rings is 1. The van der Waals surface area contributed by atoms with E-state index in [0.717, 1.165) is 11.1 Å². The summed E-state index contributed by atoms with van der Waals surface area (Å²) in [7, 11) is 5.97. The first-order valence-electron chi connectivity index (χ1n) is 11.3. The van der Waals surface area contributed by atoms with Crippen molar-refractivity contribution < 1.29 is 23.7 Å². The average Bonchev–Trinajstić information content (AvgIpc) is 2.92. The van der Waals surface area contributed by atoms with Crippen molar-refractivity contribution in [2.75, 3.05) is 33.8 Å². The quantitative estimate of drug-likeness (QED) is 0.365. The minimum absolute atomic E-state index is 0.0587. The number of aromatic nitrogens is 1. The van der Waals surface area contributed by atoms with Crippen LogP contribution in [0, 0.1) is 6.92 Å². The molecule has 3 aromatic carbocycles. The van der Waals surface area contributed by atoms with Gasteiger partial charge in [-0.05, 0) is 53.8 Å². The Morgan fingerprint density at radius 1 is 0.917 bits per heavy atom. The standard InChI is InChI=1S/C28H28N2O6/c1-17-23(33-3)13-19(14-24(17)34-4)25-21-12-11-20(36-16-18-9-7-6-8-10-18)15-22(21)27(31)30(29-2)26(25)28(32)35-5/h6-15,29H,16H2,1-5H3. The summed E-state index contributed by atoms with van der Waals surface area (Å²) in [6.45, 7) is 2.23. The van der Waals surface area contributed by atoms with Crippen LogP contribution in [0.5, 0.6) is 17.2 Å². The van der Waals surface area contributed by atoms with E-state index in [9.17, 15) is 9.59 Å². The highest BCUT2D eigenvalue weighted by atomic mass is 16.5. The van der Waals surface area contributed by atoms with Crippen molar-refractivity contribution in [2.24, 2.45) is 0 Å². The molecule has 0 aliphatic heterocycles. The van der Waals surface area contributed by atoms with E-state index in [-0.39, 0.29) is 5.69 Å². The molecule has 1 aromatic heterocycles. The van der Waals surface area contributed by atoms with Gasteiger partial charge in [0.05, 0.1) is 26.7 Å². The van der Waals surface area contributed by atoms with Gasteiger partial charge in [0.2, 0.25) is 0 Å². The lowest BCUT2D eigenvalue weighted by molar-refractivity contribution is 0.0590. The zero-order valence-electron chi connectivity index (χ0n) is 20.9. The third kappa shape index (κ3) is 4.45. The van der Waals surface area contributed by atoms with Crippen LogP contribution in [0.2, 0.25) is 0 Å². The number of methoxy groups -OCH3 is 3. The van der Waals surface area contributed by atoms with Gasteiger partial charge in [0.25, 0.3) is 5.56 Å². The maximum Gasteiger partial charge on any atom is 0.357 e. The maximum atomic E-state index is 13.5. The van der Waals surface area contributed by atoms with Crippen LogP contribution in [-0.4, -0.2) is 39.0 Å². The molecule has 0 atom stereocenters. The predicted molar refractivity (Wildman–Crippen MR) is 139 cm³/mol. The fourth-order valence-electron chi connectivity index (χ4n) is 4.24. The molecule has 4 rings (SSSR count). The van der Waals surface area contributed by atoms with Crippen molar-refractivity contribution >= 4 is 16.7 Å². The second-order valence-electron chi connectivity index (χ2n) is 8.07. The SMILES string of the molecule is CNn1c(C(=O)OC)c(-c2cc(OC)c(C)c(OC)c2)c2ccc(OCc3ccccc3)cc2c1=O. The summed E-state index contributed by atoms with van der Waals surface area (Å²) in [5.41, 5.74) is 5.42. The van der Waals surface area contributed by atoms with Crippen molar-refractivity contribution in [1.82, 2.24) is 4.68 Å². The van der Waals surface area contributed by atoms with Gasteiger partial charge < -0.3 is 24.4 Å². The number of rotatable bonds is 8.